The molecule has 88 valence electrons. The molecule has 0 aromatic rings. The standard InChI is InChI=1S/C12H24N2O/c1-9-6-5-7-10(2)14(9)11(15)12(3,4)8-13/h9-10H,5-8,13H2,1-4H3/t9-,10-/m0/s1. The molecule has 0 radical (unpaired) electrons. The van der Waals surface area contributed by atoms with Gasteiger partial charge in [-0.2, -0.15) is 0 Å². The molecule has 1 aliphatic heterocycles. The first kappa shape index (κ1) is 12.5. The molecule has 1 fully saturated rings. The molecular formula is C12H24N2O. The van der Waals surface area contributed by atoms with Crippen LogP contribution in [-0.2, 0) is 4.79 Å². The van der Waals surface area contributed by atoms with Gasteiger partial charge in [0.1, 0.15) is 0 Å². The van der Waals surface area contributed by atoms with Crippen LogP contribution in [0.1, 0.15) is 47.0 Å². The van der Waals surface area contributed by atoms with Crippen LogP contribution in [-0.4, -0.2) is 29.4 Å². The molecule has 0 spiro atoms. The lowest BCUT2D eigenvalue weighted by atomic mass is 9.87. The van der Waals surface area contributed by atoms with Gasteiger partial charge in [-0.3, -0.25) is 4.79 Å². The Kier molecular flexibility index (Phi) is 3.77. The van der Waals surface area contributed by atoms with Gasteiger partial charge in [0.2, 0.25) is 5.91 Å². The monoisotopic (exact) mass is 212 g/mol. The summed E-state index contributed by atoms with van der Waals surface area (Å²) >= 11 is 0. The first-order valence-electron chi connectivity index (χ1n) is 5.93. The third kappa shape index (κ3) is 2.51. The highest BCUT2D eigenvalue weighted by Gasteiger charge is 2.36. The average Bonchev–Trinajstić information content (AvgIpc) is 2.17. The molecule has 0 aromatic carbocycles. The number of carbonyl (C=O) groups excluding carboxylic acids is 1. The number of hydrogen-bond acceptors (Lipinski definition) is 2. The van der Waals surface area contributed by atoms with Crippen molar-refractivity contribution in [2.45, 2.75) is 59.0 Å². The summed E-state index contributed by atoms with van der Waals surface area (Å²) in [5.41, 5.74) is 5.24. The second-order valence-corrected chi connectivity index (χ2v) is 5.43. The van der Waals surface area contributed by atoms with E-state index in [0.29, 0.717) is 18.6 Å². The third-order valence-electron chi connectivity index (χ3n) is 3.52. The molecule has 0 aromatic heterocycles. The molecule has 2 atom stereocenters. The summed E-state index contributed by atoms with van der Waals surface area (Å²) in [5, 5.41) is 0. The van der Waals surface area contributed by atoms with E-state index in [4.69, 9.17) is 5.73 Å². The van der Waals surface area contributed by atoms with Gasteiger partial charge in [-0.1, -0.05) is 0 Å². The molecule has 0 unspecified atom stereocenters. The van der Waals surface area contributed by atoms with E-state index in [0.717, 1.165) is 12.8 Å². The first-order chi connectivity index (χ1) is 6.90. The van der Waals surface area contributed by atoms with Crippen LogP contribution in [0.5, 0.6) is 0 Å². The van der Waals surface area contributed by atoms with E-state index in [1.807, 2.05) is 18.7 Å². The lowest BCUT2D eigenvalue weighted by Gasteiger charge is -2.42. The third-order valence-corrected chi connectivity index (χ3v) is 3.52. The zero-order valence-electron chi connectivity index (χ0n) is 10.4. The number of hydrogen-bond donors (Lipinski definition) is 1. The minimum absolute atomic E-state index is 0.213. The maximum atomic E-state index is 12.3. The SMILES string of the molecule is C[C@H]1CCC[C@H](C)N1C(=O)C(C)(C)CN. The molecule has 1 amide bonds. The van der Waals surface area contributed by atoms with E-state index in [9.17, 15) is 4.79 Å². The van der Waals surface area contributed by atoms with Crippen molar-refractivity contribution in [2.75, 3.05) is 6.54 Å². The smallest absolute Gasteiger partial charge is 0.229 e. The Morgan fingerprint density at radius 1 is 1.33 bits per heavy atom. The van der Waals surface area contributed by atoms with Crippen molar-refractivity contribution in [2.24, 2.45) is 11.1 Å². The molecule has 0 bridgehead atoms. The Balaban J connectivity index is 2.80. The van der Waals surface area contributed by atoms with Gasteiger partial charge in [-0.05, 0) is 47.0 Å². The van der Waals surface area contributed by atoms with Crippen molar-refractivity contribution in [1.29, 1.82) is 0 Å². The Morgan fingerprint density at radius 3 is 2.20 bits per heavy atom. The lowest BCUT2D eigenvalue weighted by molar-refractivity contribution is -0.146. The maximum absolute atomic E-state index is 12.3. The molecule has 1 heterocycles. The van der Waals surface area contributed by atoms with Gasteiger partial charge in [-0.25, -0.2) is 0 Å². The summed E-state index contributed by atoms with van der Waals surface area (Å²) in [6, 6.07) is 0.735. The van der Waals surface area contributed by atoms with Gasteiger partial charge < -0.3 is 10.6 Å². The van der Waals surface area contributed by atoms with Crippen LogP contribution < -0.4 is 5.73 Å². The zero-order valence-corrected chi connectivity index (χ0v) is 10.4. The highest BCUT2D eigenvalue weighted by Crippen LogP contribution is 2.28. The Hall–Kier alpha value is -0.570. The van der Waals surface area contributed by atoms with E-state index in [1.54, 1.807) is 0 Å². The fraction of sp³-hybridized carbons (Fsp3) is 0.917. The number of carbonyl (C=O) groups is 1. The van der Waals surface area contributed by atoms with Crippen LogP contribution in [0.4, 0.5) is 0 Å². The van der Waals surface area contributed by atoms with Gasteiger partial charge in [0.25, 0.3) is 0 Å². The van der Waals surface area contributed by atoms with E-state index in [2.05, 4.69) is 13.8 Å². The first-order valence-corrected chi connectivity index (χ1v) is 5.93. The van der Waals surface area contributed by atoms with E-state index >= 15 is 0 Å². The second kappa shape index (κ2) is 4.52. The Bertz CT molecular complexity index is 228. The number of nitrogens with two attached hydrogens (primary N) is 1. The summed E-state index contributed by atoms with van der Waals surface area (Å²) < 4.78 is 0. The molecule has 3 heteroatoms. The van der Waals surface area contributed by atoms with Gasteiger partial charge in [-0.15, -0.1) is 0 Å². The van der Waals surface area contributed by atoms with Crippen LogP contribution in [0.2, 0.25) is 0 Å². The maximum Gasteiger partial charge on any atom is 0.229 e. The second-order valence-electron chi connectivity index (χ2n) is 5.43. The number of likely N-dealkylation sites (tertiary alicyclic amines) is 1. The van der Waals surface area contributed by atoms with Crippen molar-refractivity contribution >= 4 is 5.91 Å². The van der Waals surface area contributed by atoms with Gasteiger partial charge >= 0.3 is 0 Å². The fourth-order valence-electron chi connectivity index (χ4n) is 2.26. The summed E-state index contributed by atoms with van der Waals surface area (Å²) in [6.45, 7) is 8.56. The zero-order chi connectivity index (χ0) is 11.6. The summed E-state index contributed by atoms with van der Waals surface area (Å²) in [7, 11) is 0. The fourth-order valence-corrected chi connectivity index (χ4v) is 2.26. The van der Waals surface area contributed by atoms with Crippen molar-refractivity contribution < 1.29 is 4.79 Å². The minimum Gasteiger partial charge on any atom is -0.337 e. The summed E-state index contributed by atoms with van der Waals surface area (Å²) in [6.07, 6.45) is 3.47. The van der Waals surface area contributed by atoms with E-state index < -0.39 is 5.41 Å². The molecule has 0 aliphatic carbocycles. The topological polar surface area (TPSA) is 46.3 Å². The molecule has 1 rings (SSSR count). The van der Waals surface area contributed by atoms with Crippen LogP contribution in [0.3, 0.4) is 0 Å². The van der Waals surface area contributed by atoms with Crippen molar-refractivity contribution in [1.82, 2.24) is 4.90 Å². The van der Waals surface area contributed by atoms with E-state index in [-0.39, 0.29) is 5.91 Å². The van der Waals surface area contributed by atoms with Crippen molar-refractivity contribution in [3.63, 3.8) is 0 Å². The largest absolute Gasteiger partial charge is 0.337 e. The molecule has 2 N–H and O–H groups in total. The number of nitrogens with zero attached hydrogens (tertiary/aromatic N) is 1. The Labute approximate surface area is 93.0 Å². The van der Waals surface area contributed by atoms with Gasteiger partial charge in [0, 0.05) is 18.6 Å². The van der Waals surface area contributed by atoms with Crippen LogP contribution in [0.25, 0.3) is 0 Å². The quantitative estimate of drug-likeness (QED) is 0.758. The van der Waals surface area contributed by atoms with Crippen molar-refractivity contribution in [3.05, 3.63) is 0 Å². The minimum atomic E-state index is -0.417. The number of piperidine rings is 1. The van der Waals surface area contributed by atoms with Crippen LogP contribution >= 0.6 is 0 Å². The van der Waals surface area contributed by atoms with Crippen molar-refractivity contribution in [3.8, 4) is 0 Å². The lowest BCUT2D eigenvalue weighted by Crippen LogP contribution is -2.53. The highest BCUT2D eigenvalue weighted by molar-refractivity contribution is 5.82. The molecule has 1 aliphatic rings. The molecule has 1 saturated heterocycles. The summed E-state index contributed by atoms with van der Waals surface area (Å²) in [5.74, 6) is 0.213. The predicted molar refractivity (Wildman–Crippen MR) is 62.5 cm³/mol. The van der Waals surface area contributed by atoms with Crippen LogP contribution in [0, 0.1) is 5.41 Å². The average molecular weight is 212 g/mol. The summed E-state index contributed by atoms with van der Waals surface area (Å²) in [4.78, 5) is 14.4. The normalized spacial score (nSPS) is 27.9. The van der Waals surface area contributed by atoms with Crippen LogP contribution in [0.15, 0.2) is 0 Å². The van der Waals surface area contributed by atoms with Gasteiger partial charge in [0.15, 0.2) is 0 Å². The van der Waals surface area contributed by atoms with E-state index in [1.165, 1.54) is 6.42 Å². The molecule has 15 heavy (non-hydrogen) atoms. The number of amides is 1. The molecular weight excluding hydrogens is 188 g/mol. The Morgan fingerprint density at radius 2 is 1.80 bits per heavy atom. The predicted octanol–water partition coefficient (Wildman–Crippen LogP) is 1.76. The molecule has 3 nitrogen and oxygen atoms in total. The highest BCUT2D eigenvalue weighted by atomic mass is 16.2. The molecule has 0 saturated carbocycles. The van der Waals surface area contributed by atoms with Gasteiger partial charge in [0.05, 0.1) is 5.41 Å². The number of rotatable bonds is 2.